The van der Waals surface area contributed by atoms with E-state index >= 15 is 0 Å². The second-order valence-electron chi connectivity index (χ2n) is 10.1. The fourth-order valence-electron chi connectivity index (χ4n) is 5.37. The molecule has 2 aliphatic rings. The van der Waals surface area contributed by atoms with Crippen LogP contribution >= 0.6 is 0 Å². The number of aryl methyl sites for hydroxylation is 1. The van der Waals surface area contributed by atoms with Crippen LogP contribution in [0, 0.1) is 5.92 Å². The number of halogens is 3. The van der Waals surface area contributed by atoms with Crippen molar-refractivity contribution in [2.45, 2.75) is 44.4 Å². The van der Waals surface area contributed by atoms with Gasteiger partial charge < -0.3 is 15.1 Å². The summed E-state index contributed by atoms with van der Waals surface area (Å²) in [6.07, 6.45) is 2.06. The van der Waals surface area contributed by atoms with E-state index in [9.17, 15) is 18.0 Å². The number of carbonyl (C=O) groups excluding carboxylic acids is 1. The van der Waals surface area contributed by atoms with E-state index in [0.717, 1.165) is 23.0 Å². The Kier molecular flexibility index (Phi) is 6.65. The number of nitrogens with zero attached hydrogens (tertiary/aromatic N) is 6. The molecule has 5 rings (SSSR count). The Morgan fingerprint density at radius 3 is 2.73 bits per heavy atom. The minimum atomic E-state index is -4.43. The third-order valence-electron chi connectivity index (χ3n) is 7.34. The Morgan fingerprint density at radius 1 is 1.19 bits per heavy atom. The highest BCUT2D eigenvalue weighted by atomic mass is 19.4. The zero-order chi connectivity index (χ0) is 26.3. The molecule has 0 unspecified atom stereocenters. The van der Waals surface area contributed by atoms with Crippen LogP contribution in [-0.2, 0) is 31.0 Å². The molecule has 11 heteroatoms. The van der Waals surface area contributed by atoms with Gasteiger partial charge in [0.15, 0.2) is 0 Å². The first kappa shape index (κ1) is 25.2. The van der Waals surface area contributed by atoms with Gasteiger partial charge in [-0.3, -0.25) is 9.48 Å². The average molecular weight is 514 g/mol. The van der Waals surface area contributed by atoms with Gasteiger partial charge in [0.05, 0.1) is 29.7 Å². The van der Waals surface area contributed by atoms with Crippen LogP contribution in [0.15, 0.2) is 42.9 Å². The van der Waals surface area contributed by atoms with E-state index in [1.807, 2.05) is 32.1 Å². The third-order valence-corrected chi connectivity index (χ3v) is 7.34. The molecule has 0 spiro atoms. The van der Waals surface area contributed by atoms with Gasteiger partial charge in [-0.25, -0.2) is 9.97 Å². The van der Waals surface area contributed by atoms with Crippen LogP contribution in [0.4, 0.5) is 24.8 Å². The summed E-state index contributed by atoms with van der Waals surface area (Å²) < 4.78 is 41.9. The number of likely N-dealkylation sites (tertiary alicyclic amines) is 1. The number of aromatic nitrogens is 4. The van der Waals surface area contributed by atoms with Gasteiger partial charge in [-0.05, 0) is 50.6 Å². The molecule has 1 saturated heterocycles. The van der Waals surface area contributed by atoms with Gasteiger partial charge in [0.1, 0.15) is 0 Å². The molecule has 4 heterocycles. The molecule has 8 nitrogen and oxygen atoms in total. The van der Waals surface area contributed by atoms with Crippen LogP contribution in [0.25, 0.3) is 0 Å². The van der Waals surface area contributed by atoms with E-state index in [4.69, 9.17) is 0 Å². The van der Waals surface area contributed by atoms with E-state index in [0.29, 0.717) is 44.0 Å². The second kappa shape index (κ2) is 9.77. The molecular weight excluding hydrogens is 483 g/mol. The standard InChI is InChI=1S/C26H30F3N7O/c1-16-9-18-11-30-25(32-20-12-31-35(3)13-20)33-23(18)15-36(16)24(37)21-7-8-34(2)14-22(21)17-5-4-6-19(10-17)26(27,28)29/h4-6,10-13,16,21-22H,7-9,14-15H2,1-3H3,(H,30,32,33)/t16-,21+,22-/m1/s1. The molecular formula is C26H30F3N7O. The van der Waals surface area contributed by atoms with Crippen molar-refractivity contribution in [1.82, 2.24) is 29.5 Å². The lowest BCUT2D eigenvalue weighted by atomic mass is 9.79. The van der Waals surface area contributed by atoms with Crippen molar-refractivity contribution in [3.63, 3.8) is 0 Å². The molecule has 0 saturated carbocycles. The Labute approximate surface area is 213 Å². The number of anilines is 2. The largest absolute Gasteiger partial charge is 0.416 e. The zero-order valence-corrected chi connectivity index (χ0v) is 21.0. The summed E-state index contributed by atoms with van der Waals surface area (Å²) in [7, 11) is 3.76. The number of piperidine rings is 1. The van der Waals surface area contributed by atoms with Crippen molar-refractivity contribution in [2.24, 2.45) is 13.0 Å². The molecule has 2 aromatic heterocycles. The van der Waals surface area contributed by atoms with Crippen molar-refractivity contribution in [3.8, 4) is 0 Å². The molecule has 1 fully saturated rings. The molecule has 0 bridgehead atoms. The summed E-state index contributed by atoms with van der Waals surface area (Å²) in [5.41, 5.74) is 2.39. The van der Waals surface area contributed by atoms with E-state index in [1.54, 1.807) is 23.1 Å². The highest BCUT2D eigenvalue weighted by molar-refractivity contribution is 5.81. The first-order chi connectivity index (χ1) is 17.6. The number of carbonyl (C=O) groups is 1. The quantitative estimate of drug-likeness (QED) is 0.569. The summed E-state index contributed by atoms with van der Waals surface area (Å²) in [5, 5.41) is 7.27. The van der Waals surface area contributed by atoms with Crippen molar-refractivity contribution in [1.29, 1.82) is 0 Å². The number of amides is 1. The van der Waals surface area contributed by atoms with E-state index in [1.165, 1.54) is 12.1 Å². The molecule has 0 aliphatic carbocycles. The molecule has 1 amide bonds. The lowest BCUT2D eigenvalue weighted by Crippen LogP contribution is -2.50. The summed E-state index contributed by atoms with van der Waals surface area (Å²) in [5.74, 6) is -0.335. The van der Waals surface area contributed by atoms with E-state index in [-0.39, 0.29) is 17.9 Å². The Hall–Kier alpha value is -3.47. The van der Waals surface area contributed by atoms with Gasteiger partial charge in [-0.1, -0.05) is 18.2 Å². The minimum Gasteiger partial charge on any atom is -0.333 e. The van der Waals surface area contributed by atoms with E-state index < -0.39 is 17.7 Å². The van der Waals surface area contributed by atoms with Crippen molar-refractivity contribution < 1.29 is 18.0 Å². The van der Waals surface area contributed by atoms with Gasteiger partial charge in [-0.2, -0.15) is 18.3 Å². The molecule has 3 aromatic rings. The molecule has 3 atom stereocenters. The van der Waals surface area contributed by atoms with Crippen molar-refractivity contribution >= 4 is 17.5 Å². The lowest BCUT2D eigenvalue weighted by Gasteiger charge is -2.42. The first-order valence-electron chi connectivity index (χ1n) is 12.3. The van der Waals surface area contributed by atoms with Crippen LogP contribution < -0.4 is 5.32 Å². The molecule has 0 radical (unpaired) electrons. The van der Waals surface area contributed by atoms with Crippen LogP contribution in [0.1, 0.15) is 41.6 Å². The number of alkyl halides is 3. The Morgan fingerprint density at radius 2 is 2.00 bits per heavy atom. The first-order valence-corrected chi connectivity index (χ1v) is 12.3. The smallest absolute Gasteiger partial charge is 0.333 e. The average Bonchev–Trinajstić information content (AvgIpc) is 3.27. The number of rotatable bonds is 4. The SMILES string of the molecule is C[C@@H]1Cc2cnc(Nc3cnn(C)c3)nc2CN1C(=O)[C@H]1CCN(C)C[C@@H]1c1cccc(C(F)(F)F)c1. The van der Waals surface area contributed by atoms with Gasteiger partial charge >= 0.3 is 6.18 Å². The van der Waals surface area contributed by atoms with Crippen LogP contribution in [0.5, 0.6) is 0 Å². The lowest BCUT2D eigenvalue weighted by molar-refractivity contribution is -0.141. The topological polar surface area (TPSA) is 79.2 Å². The van der Waals surface area contributed by atoms with Gasteiger partial charge in [0.25, 0.3) is 0 Å². The minimum absolute atomic E-state index is 0.0333. The maximum Gasteiger partial charge on any atom is 0.416 e. The normalized spacial score (nSPS) is 22.5. The number of hydrogen-bond acceptors (Lipinski definition) is 6. The Balaban J connectivity index is 1.39. The third kappa shape index (κ3) is 5.31. The van der Waals surface area contributed by atoms with Gasteiger partial charge in [0.2, 0.25) is 11.9 Å². The molecule has 1 N–H and O–H groups in total. The van der Waals surface area contributed by atoms with Gasteiger partial charge in [0, 0.05) is 43.9 Å². The molecule has 1 aromatic carbocycles. The fourth-order valence-corrected chi connectivity index (χ4v) is 5.37. The highest BCUT2D eigenvalue weighted by Crippen LogP contribution is 2.38. The highest BCUT2D eigenvalue weighted by Gasteiger charge is 2.40. The number of nitrogens with one attached hydrogen (secondary N) is 1. The molecule has 37 heavy (non-hydrogen) atoms. The van der Waals surface area contributed by atoms with Crippen LogP contribution in [0.3, 0.4) is 0 Å². The summed E-state index contributed by atoms with van der Waals surface area (Å²) >= 11 is 0. The predicted octanol–water partition coefficient (Wildman–Crippen LogP) is 3.98. The summed E-state index contributed by atoms with van der Waals surface area (Å²) in [6, 6.07) is 5.35. The monoisotopic (exact) mass is 513 g/mol. The predicted molar refractivity (Wildman–Crippen MR) is 132 cm³/mol. The number of benzene rings is 1. The maximum absolute atomic E-state index is 13.9. The molecule has 196 valence electrons. The zero-order valence-electron chi connectivity index (χ0n) is 21.0. The van der Waals surface area contributed by atoms with Crippen molar-refractivity contribution in [3.05, 3.63) is 65.2 Å². The van der Waals surface area contributed by atoms with Gasteiger partial charge in [-0.15, -0.1) is 0 Å². The van der Waals surface area contributed by atoms with Crippen LogP contribution in [-0.4, -0.2) is 61.6 Å². The second-order valence-corrected chi connectivity index (χ2v) is 10.1. The summed E-state index contributed by atoms with van der Waals surface area (Å²) in [4.78, 5) is 26.9. The van der Waals surface area contributed by atoms with E-state index in [2.05, 4.69) is 25.3 Å². The Bertz CT molecular complexity index is 1290. The maximum atomic E-state index is 13.9. The van der Waals surface area contributed by atoms with Crippen molar-refractivity contribution in [2.75, 3.05) is 25.5 Å². The summed E-state index contributed by atoms with van der Waals surface area (Å²) in [6.45, 7) is 3.57. The number of fused-ring (bicyclic) bond motifs is 1. The number of likely N-dealkylation sites (N-methyl/N-ethyl adjacent to an activating group) is 1. The fraction of sp³-hybridized carbons (Fsp3) is 0.462. The van der Waals surface area contributed by atoms with Crippen LogP contribution in [0.2, 0.25) is 0 Å². The number of hydrogen-bond donors (Lipinski definition) is 1. The molecule has 2 aliphatic heterocycles.